The highest BCUT2D eigenvalue weighted by Crippen LogP contribution is 2.28. The van der Waals surface area contributed by atoms with E-state index in [9.17, 15) is 31.2 Å². The monoisotopic (exact) mass is 325 g/mol. The van der Waals surface area contributed by atoms with Crippen LogP contribution in [0.1, 0.15) is 27.6 Å². The minimum absolute atomic E-state index is 0.139. The van der Waals surface area contributed by atoms with Crippen molar-refractivity contribution in [3.63, 3.8) is 0 Å². The van der Waals surface area contributed by atoms with Crippen molar-refractivity contribution in [1.82, 2.24) is 0 Å². The average Bonchev–Trinajstić information content (AvgIpc) is 2.35. The molecule has 2 N–H and O–H groups in total. The fraction of sp³-hybridized carbons (Fsp3) is 0.273. The first kappa shape index (κ1) is 17.1. The lowest BCUT2D eigenvalue weighted by Crippen LogP contribution is -2.28. The van der Waals surface area contributed by atoms with Gasteiger partial charge in [-0.3, -0.25) is 4.79 Å². The standard InChI is InChI=1S/C11H10F3NO5S/c1-2-20-10(17)7-5-3-4-6(8(7)21(15,18)19)9(16)11(12,13)14/h3-5H,2H2,1H3,(H2,15,18,19). The Morgan fingerprint density at radius 2 is 1.76 bits per heavy atom. The van der Waals surface area contributed by atoms with Crippen molar-refractivity contribution in [1.29, 1.82) is 0 Å². The molecule has 0 aliphatic rings. The maximum atomic E-state index is 12.5. The maximum Gasteiger partial charge on any atom is 0.454 e. The number of hydrogen-bond donors (Lipinski definition) is 1. The number of benzene rings is 1. The van der Waals surface area contributed by atoms with Crippen LogP contribution >= 0.6 is 0 Å². The van der Waals surface area contributed by atoms with Crippen molar-refractivity contribution in [2.45, 2.75) is 18.0 Å². The molecule has 0 atom stereocenters. The van der Waals surface area contributed by atoms with Crippen LogP contribution in [0, 0.1) is 0 Å². The van der Waals surface area contributed by atoms with Crippen molar-refractivity contribution < 1.29 is 35.9 Å². The SMILES string of the molecule is CCOC(=O)c1cccc(C(=O)C(F)(F)F)c1S(N)(=O)=O. The third-order valence-corrected chi connectivity index (χ3v) is 3.31. The molecule has 0 unspecified atom stereocenters. The predicted octanol–water partition coefficient (Wildman–Crippen LogP) is 1.26. The van der Waals surface area contributed by atoms with Crippen molar-refractivity contribution in [2.75, 3.05) is 6.61 Å². The molecule has 0 heterocycles. The zero-order valence-corrected chi connectivity index (χ0v) is 11.4. The van der Waals surface area contributed by atoms with Crippen molar-refractivity contribution in [3.05, 3.63) is 29.3 Å². The van der Waals surface area contributed by atoms with Crippen LogP contribution in [0.4, 0.5) is 13.2 Å². The number of sulfonamides is 1. The lowest BCUT2D eigenvalue weighted by atomic mass is 10.1. The molecule has 21 heavy (non-hydrogen) atoms. The number of carbonyl (C=O) groups is 2. The van der Waals surface area contributed by atoms with E-state index in [2.05, 4.69) is 4.74 Å². The van der Waals surface area contributed by atoms with Gasteiger partial charge in [0.25, 0.3) is 5.78 Å². The molecule has 0 amide bonds. The summed E-state index contributed by atoms with van der Waals surface area (Å²) in [7, 11) is -4.75. The van der Waals surface area contributed by atoms with Crippen molar-refractivity contribution in [3.8, 4) is 0 Å². The van der Waals surface area contributed by atoms with E-state index in [0.717, 1.165) is 12.1 Å². The number of alkyl halides is 3. The van der Waals surface area contributed by atoms with E-state index in [-0.39, 0.29) is 6.61 Å². The summed E-state index contributed by atoms with van der Waals surface area (Å²) in [5.41, 5.74) is -1.95. The maximum absolute atomic E-state index is 12.5. The van der Waals surface area contributed by atoms with Gasteiger partial charge in [0.05, 0.1) is 12.2 Å². The van der Waals surface area contributed by atoms with Crippen LogP contribution in [0.5, 0.6) is 0 Å². The summed E-state index contributed by atoms with van der Waals surface area (Å²) in [5.74, 6) is -3.61. The van der Waals surface area contributed by atoms with Crippen LogP contribution in [-0.2, 0) is 14.8 Å². The highest BCUT2D eigenvalue weighted by atomic mass is 32.2. The van der Waals surface area contributed by atoms with E-state index in [4.69, 9.17) is 5.14 Å². The number of hydrogen-bond acceptors (Lipinski definition) is 5. The molecule has 10 heteroatoms. The number of primary sulfonamides is 1. The number of ether oxygens (including phenoxy) is 1. The Kier molecular flexibility index (Phi) is 4.74. The lowest BCUT2D eigenvalue weighted by molar-refractivity contribution is -0.0887. The second kappa shape index (κ2) is 5.82. The molecule has 0 bridgehead atoms. The van der Waals surface area contributed by atoms with Gasteiger partial charge in [0.2, 0.25) is 10.0 Å². The van der Waals surface area contributed by atoms with Gasteiger partial charge < -0.3 is 4.74 Å². The Labute approximate surface area is 117 Å². The summed E-state index contributed by atoms with van der Waals surface area (Å²) in [4.78, 5) is 21.7. The average molecular weight is 325 g/mol. The van der Waals surface area contributed by atoms with Gasteiger partial charge in [-0.25, -0.2) is 18.4 Å². The summed E-state index contributed by atoms with van der Waals surface area (Å²) < 4.78 is 64.9. The zero-order chi connectivity index (χ0) is 16.4. The molecule has 1 rings (SSSR count). The molecular formula is C11H10F3NO5S. The van der Waals surface area contributed by atoms with Gasteiger partial charge in [-0.15, -0.1) is 0 Å². The second-order valence-corrected chi connectivity index (χ2v) is 5.27. The number of esters is 1. The Morgan fingerprint density at radius 1 is 1.24 bits per heavy atom. The zero-order valence-electron chi connectivity index (χ0n) is 10.6. The molecule has 1 aromatic rings. The van der Waals surface area contributed by atoms with Crippen LogP contribution < -0.4 is 5.14 Å². The smallest absolute Gasteiger partial charge is 0.454 e. The van der Waals surface area contributed by atoms with Crippen LogP contribution in [0.25, 0.3) is 0 Å². The van der Waals surface area contributed by atoms with E-state index in [0.29, 0.717) is 6.07 Å². The largest absolute Gasteiger partial charge is 0.462 e. The number of nitrogens with two attached hydrogens (primary N) is 1. The second-order valence-electron chi connectivity index (χ2n) is 3.77. The Morgan fingerprint density at radius 3 is 2.19 bits per heavy atom. The van der Waals surface area contributed by atoms with Gasteiger partial charge in [0, 0.05) is 5.56 Å². The Hall–Kier alpha value is -1.94. The molecule has 0 aliphatic heterocycles. The molecule has 0 radical (unpaired) electrons. The number of rotatable bonds is 4. The molecular weight excluding hydrogens is 315 g/mol. The molecule has 0 saturated carbocycles. The summed E-state index contributed by atoms with van der Waals surface area (Å²) in [6, 6.07) is 2.46. The molecule has 1 aromatic carbocycles. The van der Waals surface area contributed by atoms with Gasteiger partial charge in [-0.05, 0) is 19.1 Å². The third kappa shape index (κ3) is 3.79. The third-order valence-electron chi connectivity index (χ3n) is 2.30. The number of Topliss-reactive ketones (excluding diaryl/α,β-unsaturated/α-hetero) is 1. The number of carbonyl (C=O) groups excluding carboxylic acids is 2. The first-order valence-corrected chi connectivity index (χ1v) is 6.99. The highest BCUT2D eigenvalue weighted by Gasteiger charge is 2.42. The number of halogens is 3. The highest BCUT2D eigenvalue weighted by molar-refractivity contribution is 7.89. The molecule has 0 saturated heterocycles. The van der Waals surface area contributed by atoms with Crippen LogP contribution in [0.2, 0.25) is 0 Å². The van der Waals surface area contributed by atoms with Gasteiger partial charge in [0.1, 0.15) is 4.90 Å². The van der Waals surface area contributed by atoms with E-state index < -0.39 is 44.0 Å². The molecule has 0 aromatic heterocycles. The van der Waals surface area contributed by atoms with Gasteiger partial charge in [-0.1, -0.05) is 6.07 Å². The van der Waals surface area contributed by atoms with E-state index in [1.807, 2.05) is 0 Å². The molecule has 0 aliphatic carbocycles. The van der Waals surface area contributed by atoms with Crippen LogP contribution in [0.15, 0.2) is 23.1 Å². The Bertz CT molecular complexity index is 682. The first-order chi connectivity index (χ1) is 9.50. The van der Waals surface area contributed by atoms with E-state index in [1.54, 1.807) is 0 Å². The summed E-state index contributed by atoms with van der Waals surface area (Å²) in [6.07, 6.45) is -5.31. The van der Waals surface area contributed by atoms with Crippen molar-refractivity contribution in [2.24, 2.45) is 5.14 Å². The molecule has 116 valence electrons. The van der Waals surface area contributed by atoms with Gasteiger partial charge in [0.15, 0.2) is 0 Å². The normalized spacial score (nSPS) is 12.0. The fourth-order valence-corrected chi connectivity index (χ4v) is 2.47. The lowest BCUT2D eigenvalue weighted by Gasteiger charge is -2.12. The van der Waals surface area contributed by atoms with Crippen LogP contribution in [-0.4, -0.2) is 33.0 Å². The van der Waals surface area contributed by atoms with Crippen LogP contribution in [0.3, 0.4) is 0 Å². The quantitative estimate of drug-likeness (QED) is 0.663. The Balaban J connectivity index is 3.65. The molecule has 0 spiro atoms. The van der Waals surface area contributed by atoms with Crippen molar-refractivity contribution >= 4 is 21.8 Å². The minimum Gasteiger partial charge on any atom is -0.462 e. The van der Waals surface area contributed by atoms with E-state index >= 15 is 0 Å². The summed E-state index contributed by atoms with van der Waals surface area (Å²) in [5, 5.41) is 4.82. The van der Waals surface area contributed by atoms with Gasteiger partial charge >= 0.3 is 12.1 Å². The summed E-state index contributed by atoms with van der Waals surface area (Å²) >= 11 is 0. The molecule has 0 fully saturated rings. The first-order valence-electron chi connectivity index (χ1n) is 5.44. The van der Waals surface area contributed by atoms with E-state index in [1.165, 1.54) is 6.92 Å². The molecule has 6 nitrogen and oxygen atoms in total. The van der Waals surface area contributed by atoms with Gasteiger partial charge in [-0.2, -0.15) is 13.2 Å². The minimum atomic E-state index is -5.31. The summed E-state index contributed by atoms with van der Waals surface area (Å²) in [6.45, 7) is 1.28. The topological polar surface area (TPSA) is 104 Å². The fourth-order valence-electron chi connectivity index (χ4n) is 1.54. The predicted molar refractivity (Wildman–Crippen MR) is 64.2 cm³/mol. The number of ketones is 1.